The van der Waals surface area contributed by atoms with Crippen LogP contribution in [0.5, 0.6) is 34.9 Å². The molecule has 578 valence electrons. The predicted molar refractivity (Wildman–Crippen MR) is 431 cm³/mol. The number of fused-ring (bicyclic) bond motifs is 1. The van der Waals surface area contributed by atoms with Gasteiger partial charge in [-0.05, 0) is 201 Å². The lowest BCUT2D eigenvalue weighted by molar-refractivity contribution is -0.114. The van der Waals surface area contributed by atoms with Gasteiger partial charge in [0.25, 0.3) is 0 Å². The number of nitrogens with two attached hydrogens (primary N) is 2. The van der Waals surface area contributed by atoms with Crippen LogP contribution in [0.3, 0.4) is 0 Å². The van der Waals surface area contributed by atoms with Crippen LogP contribution in [0.15, 0.2) is 210 Å². The van der Waals surface area contributed by atoms with Gasteiger partial charge in [-0.3, -0.25) is 14.9 Å². The zero-order valence-electron chi connectivity index (χ0n) is 64.0. The summed E-state index contributed by atoms with van der Waals surface area (Å²) in [5.41, 5.74) is 19.7. The smallest absolute Gasteiger partial charge is 0.411 e. The number of hydrogen-bond acceptors (Lipinski definition) is 17. The molecule has 0 bridgehead atoms. The molecule has 2 aromatic heterocycles. The Balaban J connectivity index is 0.000000408. The number of aromatic hydroxyl groups is 1. The highest BCUT2D eigenvalue weighted by Gasteiger charge is 2.12. The second-order valence-corrected chi connectivity index (χ2v) is 28.0. The van der Waals surface area contributed by atoms with Gasteiger partial charge in [-0.25, -0.2) is 36.5 Å². The summed E-state index contributed by atoms with van der Waals surface area (Å²) in [4.78, 5) is 51.3. The maximum atomic E-state index is 10.9. The molecule has 0 saturated heterocycles. The summed E-state index contributed by atoms with van der Waals surface area (Å²) in [6.45, 7) is 23.3. The molecule has 1 aliphatic rings. The minimum Gasteiger partial charge on any atom is -0.508 e. The van der Waals surface area contributed by atoms with Crippen molar-refractivity contribution in [3.63, 3.8) is 0 Å². The monoisotopic (exact) mass is 1560 g/mol. The number of carbonyl (C=O) groups is 4. The molecule has 9 N–H and O–H groups in total. The lowest BCUT2D eigenvalue weighted by Gasteiger charge is -2.04. The summed E-state index contributed by atoms with van der Waals surface area (Å²) in [5.74, 6) is 3.36. The number of benzene rings is 8. The number of primary amides is 1. The fraction of sp³-hybridized carbons (Fsp3) is 0.235. The number of rotatable bonds is 9. The number of aromatic nitrogens is 2. The van der Waals surface area contributed by atoms with Crippen LogP contribution < -0.4 is 55.8 Å². The zero-order chi connectivity index (χ0) is 81.3. The van der Waals surface area contributed by atoms with Crippen molar-refractivity contribution < 1.29 is 69.5 Å². The molecule has 0 unspecified atom stereocenters. The summed E-state index contributed by atoms with van der Waals surface area (Å²) in [6, 6.07) is 59.6. The summed E-state index contributed by atoms with van der Waals surface area (Å²) in [7, 11) is 1.12. The molecule has 27 heteroatoms. The number of sulfonamides is 1. The number of urea groups is 1. The number of hydrogen-bond donors (Lipinski definition) is 7. The standard InChI is InChI=1S/C9H10ClNO.C9H12N2O.C9H11NO2.C8H11NO2.C8H9NO.C8H10O2S.C8H8O2.C8H10O.C7H8ClNO.C7H9NO2S/c1-6-3-4-9(8(10)5-6)11-7(2)12;1-7-3-5-8(6-4-7)11-9(12)10-2;1-7-3-5-8(6-4-7)10-9(11)12-2;1-6-4-5-7(10-2)9-8(6)11-3;1-6-2-4-7(5-3-6)8(9)10;1-7-3-5-8(6-4-7)11(2,9)10;1-6-2-3-7-8(4-6)10-5-9-7;1-6-4-3-5-8(9)7(6)2;1-5-3-4-6(10-2)9-7(5)8;1-6-2-4-7(5-3-6)11(8,9)10/h3-5H,1-2H3,(H,11,12);3-6H,1-2H3,(H2,10,11,12);3-6H,1-2H3,(H,10,11);4-5H,1-3H3;2-5H,1H3,(H2,9,10);3-6H,1-2H3;2-4H,5H2,1H3;3-5,9H,1-2H3;3-4H,1-2H3;2-5H,1H3,(H2,8,9,10). The van der Waals surface area contributed by atoms with E-state index in [-0.39, 0.29) is 22.7 Å². The molecule has 23 nitrogen and oxygen atoms in total. The number of nitrogens with one attached hydrogen (secondary N) is 4. The number of sulfone groups is 1. The van der Waals surface area contributed by atoms with Crippen molar-refractivity contribution in [3.05, 3.63) is 277 Å². The number of amides is 5. The largest absolute Gasteiger partial charge is 0.508 e. The number of halogens is 2. The molecular formula is C81H98Cl2N8O15S2. The van der Waals surface area contributed by atoms with Gasteiger partial charge >= 0.3 is 12.1 Å². The molecule has 0 fully saturated rings. The topological polar surface area (TPSA) is 338 Å². The van der Waals surface area contributed by atoms with Crippen molar-refractivity contribution in [1.29, 1.82) is 0 Å². The molecule has 0 saturated carbocycles. The molecule has 0 radical (unpaired) electrons. The summed E-state index contributed by atoms with van der Waals surface area (Å²) < 4.78 is 72.8. The lowest BCUT2D eigenvalue weighted by Crippen LogP contribution is -2.24. The number of carbonyl (C=O) groups excluding carboxylic acids is 4. The summed E-state index contributed by atoms with van der Waals surface area (Å²) >= 11 is 11.6. The van der Waals surface area contributed by atoms with Crippen LogP contribution in [0.4, 0.5) is 26.7 Å². The number of anilines is 3. The van der Waals surface area contributed by atoms with Gasteiger partial charge < -0.3 is 55.2 Å². The SMILES string of the molecule is CC(=O)Nc1ccc(C)cc1Cl.CNC(=O)Nc1ccc(C)cc1.COC(=O)Nc1ccc(C)cc1.COc1ccc(C)c(Cl)n1.COc1ccc(C)c(OC)n1.Cc1ccc(C(N)=O)cc1.Cc1ccc(S(C)(=O)=O)cc1.Cc1ccc(S(N)(=O)=O)cc1.Cc1ccc2c(c1)OCO2.Cc1cccc(O)c1C. The first-order valence-corrected chi connectivity index (χ1v) is 37.1. The Hall–Kier alpha value is -11.2. The quantitative estimate of drug-likeness (QED) is 0.0660. The minimum absolute atomic E-state index is 0.110. The van der Waals surface area contributed by atoms with Crippen molar-refractivity contribution in [2.24, 2.45) is 10.9 Å². The van der Waals surface area contributed by atoms with E-state index in [1.165, 1.54) is 43.5 Å². The molecule has 3 heterocycles. The number of phenols is 1. The number of ether oxygens (including phenoxy) is 6. The number of pyridine rings is 2. The van der Waals surface area contributed by atoms with Gasteiger partial charge in [0.1, 0.15) is 10.9 Å². The van der Waals surface area contributed by atoms with Crippen LogP contribution in [0, 0.1) is 76.2 Å². The van der Waals surface area contributed by atoms with Crippen LogP contribution in [0.2, 0.25) is 10.2 Å². The second kappa shape index (κ2) is 48.1. The average Bonchev–Trinajstić information content (AvgIpc) is 1.77. The van der Waals surface area contributed by atoms with E-state index in [0.717, 1.165) is 72.9 Å². The number of phenolic OH excluding ortho intramolecular Hbond substituents is 1. The van der Waals surface area contributed by atoms with Crippen LogP contribution in [-0.2, 0) is 29.4 Å². The maximum Gasteiger partial charge on any atom is 0.411 e. The van der Waals surface area contributed by atoms with E-state index in [1.807, 2.05) is 191 Å². The molecule has 0 atom stereocenters. The number of aryl methyl sites for hydroxylation is 10. The Labute approximate surface area is 645 Å². The van der Waals surface area contributed by atoms with Crippen molar-refractivity contribution in [2.45, 2.75) is 92.9 Å². The molecule has 0 spiro atoms. The Morgan fingerprint density at radius 3 is 1.37 bits per heavy atom. The molecule has 11 rings (SSSR count). The third-order valence-corrected chi connectivity index (χ3v) is 17.1. The van der Waals surface area contributed by atoms with Gasteiger partial charge in [-0.1, -0.05) is 142 Å². The van der Waals surface area contributed by atoms with E-state index in [1.54, 1.807) is 101 Å². The summed E-state index contributed by atoms with van der Waals surface area (Å²) in [6.07, 6.45) is 0.761. The Bertz CT molecular complexity index is 4540. The number of primary sulfonamides is 1. The highest BCUT2D eigenvalue weighted by molar-refractivity contribution is 7.90. The van der Waals surface area contributed by atoms with E-state index in [0.29, 0.717) is 56.5 Å². The van der Waals surface area contributed by atoms with E-state index in [2.05, 4.69) is 36.0 Å². The predicted octanol–water partition coefficient (Wildman–Crippen LogP) is 16.9. The van der Waals surface area contributed by atoms with Crippen molar-refractivity contribution in [2.75, 3.05) is 64.5 Å². The molecule has 1 aliphatic heterocycles. The second-order valence-electron chi connectivity index (χ2n) is 23.6. The van der Waals surface area contributed by atoms with Crippen LogP contribution >= 0.6 is 23.2 Å². The Morgan fingerprint density at radius 2 is 0.944 bits per heavy atom. The van der Waals surface area contributed by atoms with Gasteiger partial charge in [-0.2, -0.15) is 4.98 Å². The maximum absolute atomic E-state index is 10.9. The molecule has 10 aromatic rings. The zero-order valence-corrected chi connectivity index (χ0v) is 67.2. The van der Waals surface area contributed by atoms with Crippen LogP contribution in [0.1, 0.15) is 78.5 Å². The fourth-order valence-corrected chi connectivity index (χ4v) is 9.51. The Kier molecular flexibility index (Phi) is 41.3. The third-order valence-electron chi connectivity index (χ3n) is 14.3. The van der Waals surface area contributed by atoms with Gasteiger partial charge in [0.15, 0.2) is 21.3 Å². The molecule has 108 heavy (non-hydrogen) atoms. The first kappa shape index (κ1) is 92.9. The molecular weight excluding hydrogens is 1460 g/mol. The first-order valence-electron chi connectivity index (χ1n) is 32.9. The van der Waals surface area contributed by atoms with Gasteiger partial charge in [-0.15, -0.1) is 0 Å². The van der Waals surface area contributed by atoms with E-state index in [9.17, 15) is 36.0 Å². The lowest BCUT2D eigenvalue weighted by atomic mass is 10.1. The normalized spacial score (nSPS) is 10.2. The average molecular weight is 1560 g/mol. The number of nitrogens with zero attached hydrogens (tertiary/aromatic N) is 2. The van der Waals surface area contributed by atoms with Crippen LogP contribution in [-0.4, -0.2) is 104 Å². The van der Waals surface area contributed by atoms with E-state index >= 15 is 0 Å². The van der Waals surface area contributed by atoms with E-state index in [4.69, 9.17) is 62.9 Å². The highest BCUT2D eigenvalue weighted by atomic mass is 35.5. The third kappa shape index (κ3) is 37.7. The van der Waals surface area contributed by atoms with Gasteiger partial charge in [0.2, 0.25) is 46.3 Å². The van der Waals surface area contributed by atoms with E-state index < -0.39 is 26.0 Å². The Morgan fingerprint density at radius 1 is 0.500 bits per heavy atom. The number of methoxy groups -OCH3 is 4. The van der Waals surface area contributed by atoms with Gasteiger partial charge in [0, 0.05) is 54.9 Å². The van der Waals surface area contributed by atoms with Gasteiger partial charge in [0.05, 0.1) is 48.9 Å². The highest BCUT2D eigenvalue weighted by Crippen LogP contribution is 2.32. The molecule has 5 amide bonds. The van der Waals surface area contributed by atoms with Crippen molar-refractivity contribution >= 4 is 84.1 Å². The fourth-order valence-electron chi connectivity index (χ4n) is 7.93. The van der Waals surface area contributed by atoms with Crippen LogP contribution in [0.25, 0.3) is 0 Å². The minimum atomic E-state index is -3.52. The summed E-state index contributed by atoms with van der Waals surface area (Å²) in [5, 5.41) is 25.4. The van der Waals surface area contributed by atoms with Crippen molar-refractivity contribution in [3.8, 4) is 34.9 Å². The van der Waals surface area contributed by atoms with Crippen molar-refractivity contribution in [1.82, 2.24) is 15.3 Å². The first-order chi connectivity index (χ1) is 50.8. The molecule has 8 aromatic carbocycles. The molecule has 0 aliphatic carbocycles.